The predicted molar refractivity (Wildman–Crippen MR) is 78.5 cm³/mol. The lowest BCUT2D eigenvalue weighted by molar-refractivity contribution is -0.121. The lowest BCUT2D eigenvalue weighted by Gasteiger charge is -2.23. The fourth-order valence-electron chi connectivity index (χ4n) is 2.72. The van der Waals surface area contributed by atoms with Crippen LogP contribution in [0.15, 0.2) is 29.0 Å². The Kier molecular flexibility index (Phi) is 3.47. The van der Waals surface area contributed by atoms with Crippen molar-refractivity contribution in [2.45, 2.75) is 38.1 Å². The molecule has 0 radical (unpaired) electrons. The second-order valence-corrected chi connectivity index (χ2v) is 5.59. The van der Waals surface area contributed by atoms with E-state index in [0.717, 1.165) is 42.5 Å². The molecule has 3 rings (SSSR count). The molecule has 110 valence electrons. The summed E-state index contributed by atoms with van der Waals surface area (Å²) in [5.74, 6) is 0.357. The number of nitrogens with zero attached hydrogens (tertiary/aromatic N) is 2. The van der Waals surface area contributed by atoms with Gasteiger partial charge in [0.05, 0.1) is 5.54 Å². The highest BCUT2D eigenvalue weighted by Gasteiger charge is 2.37. The quantitative estimate of drug-likeness (QED) is 0.902. The molecule has 0 unspecified atom stereocenters. The fourth-order valence-corrected chi connectivity index (χ4v) is 2.72. The third-order valence-electron chi connectivity index (χ3n) is 4.03. The third-order valence-corrected chi connectivity index (χ3v) is 4.03. The summed E-state index contributed by atoms with van der Waals surface area (Å²) >= 11 is 0. The molecule has 1 aliphatic carbocycles. The molecule has 21 heavy (non-hydrogen) atoms. The van der Waals surface area contributed by atoms with E-state index in [1.165, 1.54) is 6.39 Å². The van der Waals surface area contributed by atoms with Gasteiger partial charge < -0.3 is 15.5 Å². The largest absolute Gasteiger partial charge is 0.423 e. The Hall–Kier alpha value is -2.21. The van der Waals surface area contributed by atoms with E-state index >= 15 is 0 Å². The van der Waals surface area contributed by atoms with Crippen LogP contribution in [0.3, 0.4) is 0 Å². The SMILES string of the molecule is Cc1cc(-c2nnco2)ccc1NC(=O)C1(N)CCCC1. The van der Waals surface area contributed by atoms with E-state index in [9.17, 15) is 4.79 Å². The Morgan fingerprint density at radius 3 is 2.76 bits per heavy atom. The van der Waals surface area contributed by atoms with Crippen LogP contribution in [0.4, 0.5) is 5.69 Å². The average Bonchev–Trinajstić information content (AvgIpc) is 3.13. The minimum atomic E-state index is -0.725. The lowest BCUT2D eigenvalue weighted by atomic mass is 9.97. The second kappa shape index (κ2) is 5.29. The Balaban J connectivity index is 1.79. The molecule has 6 nitrogen and oxygen atoms in total. The van der Waals surface area contributed by atoms with Crippen molar-refractivity contribution in [1.29, 1.82) is 0 Å². The molecule has 0 saturated heterocycles. The molecule has 0 spiro atoms. The Morgan fingerprint density at radius 2 is 2.14 bits per heavy atom. The van der Waals surface area contributed by atoms with Crippen LogP contribution in [0.25, 0.3) is 11.5 Å². The smallest absolute Gasteiger partial charge is 0.247 e. The molecule has 1 aromatic heterocycles. The maximum Gasteiger partial charge on any atom is 0.247 e. The molecule has 6 heteroatoms. The number of hydrogen-bond donors (Lipinski definition) is 2. The van der Waals surface area contributed by atoms with Crippen molar-refractivity contribution >= 4 is 11.6 Å². The summed E-state index contributed by atoms with van der Waals surface area (Å²) in [4.78, 5) is 12.3. The molecule has 3 N–H and O–H groups in total. The number of nitrogens with two attached hydrogens (primary N) is 1. The van der Waals surface area contributed by atoms with E-state index in [-0.39, 0.29) is 5.91 Å². The van der Waals surface area contributed by atoms with Crippen molar-refractivity contribution in [3.8, 4) is 11.5 Å². The van der Waals surface area contributed by atoms with Crippen molar-refractivity contribution in [2.75, 3.05) is 5.32 Å². The fraction of sp³-hybridized carbons (Fsp3) is 0.400. The van der Waals surface area contributed by atoms with Crippen LogP contribution < -0.4 is 11.1 Å². The van der Waals surface area contributed by atoms with E-state index in [2.05, 4.69) is 15.5 Å². The molecule has 1 saturated carbocycles. The molecule has 2 aromatic rings. The molecular weight excluding hydrogens is 268 g/mol. The van der Waals surface area contributed by atoms with Gasteiger partial charge in [-0.3, -0.25) is 4.79 Å². The van der Waals surface area contributed by atoms with Crippen LogP contribution in [-0.4, -0.2) is 21.6 Å². The molecular formula is C15H18N4O2. The first-order valence-electron chi connectivity index (χ1n) is 7.06. The highest BCUT2D eigenvalue weighted by atomic mass is 16.4. The standard InChI is InChI=1S/C15H18N4O2/c1-10-8-11(13-19-17-9-21-13)4-5-12(10)18-14(20)15(16)6-2-3-7-15/h4-5,8-9H,2-3,6-7,16H2,1H3,(H,18,20). The van der Waals surface area contributed by atoms with Crippen molar-refractivity contribution in [2.24, 2.45) is 5.73 Å². The molecule has 1 aliphatic rings. The molecule has 1 aromatic carbocycles. The number of hydrogen-bond acceptors (Lipinski definition) is 5. The molecule has 1 heterocycles. The minimum Gasteiger partial charge on any atom is -0.423 e. The van der Waals surface area contributed by atoms with Crippen LogP contribution in [0.2, 0.25) is 0 Å². The summed E-state index contributed by atoms with van der Waals surface area (Å²) in [5, 5.41) is 10.5. The van der Waals surface area contributed by atoms with Gasteiger partial charge in [-0.25, -0.2) is 0 Å². The Bertz CT molecular complexity index is 646. The second-order valence-electron chi connectivity index (χ2n) is 5.59. The number of aromatic nitrogens is 2. The molecule has 1 amide bonds. The Morgan fingerprint density at radius 1 is 1.38 bits per heavy atom. The maximum atomic E-state index is 12.3. The van der Waals surface area contributed by atoms with Crippen molar-refractivity contribution in [3.63, 3.8) is 0 Å². The molecule has 0 atom stereocenters. The van der Waals surface area contributed by atoms with Gasteiger partial charge in [-0.2, -0.15) is 0 Å². The summed E-state index contributed by atoms with van der Waals surface area (Å²) < 4.78 is 5.16. The van der Waals surface area contributed by atoms with Crippen molar-refractivity contribution < 1.29 is 9.21 Å². The van der Waals surface area contributed by atoms with E-state index in [0.29, 0.717) is 5.89 Å². The zero-order chi connectivity index (χ0) is 14.9. The summed E-state index contributed by atoms with van der Waals surface area (Å²) in [7, 11) is 0. The van der Waals surface area contributed by atoms with Crippen LogP contribution in [0, 0.1) is 6.92 Å². The number of aryl methyl sites for hydroxylation is 1. The van der Waals surface area contributed by atoms with Crippen LogP contribution >= 0.6 is 0 Å². The molecule has 0 bridgehead atoms. The predicted octanol–water partition coefficient (Wildman–Crippen LogP) is 2.26. The van der Waals surface area contributed by atoms with Gasteiger partial charge in [-0.05, 0) is 43.5 Å². The van der Waals surface area contributed by atoms with Gasteiger partial charge >= 0.3 is 0 Å². The van der Waals surface area contributed by atoms with E-state index < -0.39 is 5.54 Å². The summed E-state index contributed by atoms with van der Waals surface area (Å²) in [6, 6.07) is 5.58. The summed E-state index contributed by atoms with van der Waals surface area (Å²) in [6.07, 6.45) is 4.81. The van der Waals surface area contributed by atoms with Gasteiger partial charge in [0.2, 0.25) is 18.2 Å². The van der Waals surface area contributed by atoms with E-state index in [1.54, 1.807) is 0 Å². The first kappa shape index (κ1) is 13.8. The third kappa shape index (κ3) is 2.67. The van der Waals surface area contributed by atoms with Crippen LogP contribution in [-0.2, 0) is 4.79 Å². The first-order valence-corrected chi connectivity index (χ1v) is 7.06. The highest BCUT2D eigenvalue weighted by molar-refractivity contribution is 5.98. The van der Waals surface area contributed by atoms with E-state index in [4.69, 9.17) is 10.2 Å². The van der Waals surface area contributed by atoms with Gasteiger partial charge in [0, 0.05) is 11.3 Å². The van der Waals surface area contributed by atoms with Crippen molar-refractivity contribution in [1.82, 2.24) is 10.2 Å². The number of nitrogens with one attached hydrogen (secondary N) is 1. The van der Waals surface area contributed by atoms with Gasteiger partial charge in [0.15, 0.2) is 0 Å². The number of anilines is 1. The van der Waals surface area contributed by atoms with Crippen LogP contribution in [0.5, 0.6) is 0 Å². The van der Waals surface area contributed by atoms with Crippen molar-refractivity contribution in [3.05, 3.63) is 30.2 Å². The number of benzene rings is 1. The van der Waals surface area contributed by atoms with Gasteiger partial charge in [0.25, 0.3) is 0 Å². The highest BCUT2D eigenvalue weighted by Crippen LogP contribution is 2.29. The van der Waals surface area contributed by atoms with Gasteiger partial charge in [0.1, 0.15) is 0 Å². The topological polar surface area (TPSA) is 94.0 Å². The summed E-state index contributed by atoms with van der Waals surface area (Å²) in [5.41, 5.74) is 7.96. The average molecular weight is 286 g/mol. The number of amides is 1. The Labute approximate surface area is 122 Å². The molecule has 0 aliphatic heterocycles. The minimum absolute atomic E-state index is 0.103. The molecule has 1 fully saturated rings. The van der Waals surface area contributed by atoms with Gasteiger partial charge in [-0.15, -0.1) is 10.2 Å². The zero-order valence-corrected chi connectivity index (χ0v) is 11.9. The normalized spacial score (nSPS) is 16.9. The monoisotopic (exact) mass is 286 g/mol. The first-order chi connectivity index (χ1) is 10.1. The zero-order valence-electron chi connectivity index (χ0n) is 11.9. The lowest BCUT2D eigenvalue weighted by Crippen LogP contribution is -2.48. The number of carbonyl (C=O) groups excluding carboxylic acids is 1. The summed E-state index contributed by atoms with van der Waals surface area (Å²) in [6.45, 7) is 1.92. The van der Waals surface area contributed by atoms with Gasteiger partial charge in [-0.1, -0.05) is 12.8 Å². The number of rotatable bonds is 3. The maximum absolute atomic E-state index is 12.3. The van der Waals surface area contributed by atoms with E-state index in [1.807, 2.05) is 25.1 Å². The van der Waals surface area contributed by atoms with Crippen LogP contribution in [0.1, 0.15) is 31.2 Å². The number of carbonyl (C=O) groups is 1.